The van der Waals surface area contributed by atoms with Gasteiger partial charge in [0, 0.05) is 0 Å². The minimum atomic E-state index is -0.738. The van der Waals surface area contributed by atoms with Gasteiger partial charge in [-0.05, 0) is 35.9 Å². The van der Waals surface area contributed by atoms with Gasteiger partial charge in [0.15, 0.2) is 5.03 Å². The van der Waals surface area contributed by atoms with Gasteiger partial charge < -0.3 is 0 Å². The highest BCUT2D eigenvalue weighted by Gasteiger charge is 2.24. The molecule has 0 unspecified atom stereocenters. The van der Waals surface area contributed by atoms with Crippen LogP contribution in [0.5, 0.6) is 0 Å². The number of hydrazine groups is 1. The number of halogens is 1. The number of carbonyl (C=O) groups is 1. The molecule has 0 fully saturated rings. The lowest BCUT2D eigenvalue weighted by molar-refractivity contribution is -0.483. The van der Waals surface area contributed by atoms with Crippen LogP contribution in [-0.4, -0.2) is 10.3 Å². The van der Waals surface area contributed by atoms with Gasteiger partial charge in [-0.3, -0.25) is 4.79 Å². The van der Waals surface area contributed by atoms with E-state index in [0.29, 0.717) is 5.69 Å². The maximum atomic E-state index is 11.3. The van der Waals surface area contributed by atoms with Crippen LogP contribution in [0, 0.1) is 10.1 Å². The van der Waals surface area contributed by atoms with E-state index in [1.165, 1.54) is 12.1 Å². The zero-order valence-electron chi connectivity index (χ0n) is 9.69. The largest absolute Gasteiger partial charge is 0.276 e. The van der Waals surface area contributed by atoms with Crippen molar-refractivity contribution in [2.24, 2.45) is 0 Å². The van der Waals surface area contributed by atoms with E-state index in [1.807, 2.05) is 0 Å². The molecular weight excluding hydrogens is 268 g/mol. The third-order valence-electron chi connectivity index (χ3n) is 2.51. The Hall–Kier alpha value is -2.40. The first-order valence-corrected chi connectivity index (χ1v) is 5.77. The third-order valence-corrected chi connectivity index (χ3v) is 2.71. The van der Waals surface area contributed by atoms with E-state index in [-0.39, 0.29) is 11.3 Å². The maximum Gasteiger partial charge on any atom is 0.254 e. The van der Waals surface area contributed by atoms with Crippen molar-refractivity contribution in [3.05, 3.63) is 70.3 Å². The predicted octanol–water partition coefficient (Wildman–Crippen LogP) is 3.40. The summed E-state index contributed by atoms with van der Waals surface area (Å²) in [7, 11) is 0. The van der Waals surface area contributed by atoms with E-state index in [2.05, 4.69) is 0 Å². The Bertz CT molecular complexity index is 616. The number of carbonyl (C=O) groups excluding carboxylic acids is 1. The van der Waals surface area contributed by atoms with Gasteiger partial charge in [-0.1, -0.05) is 35.3 Å². The minimum Gasteiger partial charge on any atom is -0.276 e. The summed E-state index contributed by atoms with van der Waals surface area (Å²) in [5.74, 6) is 0. The molecule has 0 aliphatic heterocycles. The van der Waals surface area contributed by atoms with E-state index < -0.39 is 10.3 Å². The van der Waals surface area contributed by atoms with E-state index in [0.717, 1.165) is 5.01 Å². The molecule has 0 amide bonds. The molecule has 2 rings (SSSR count). The summed E-state index contributed by atoms with van der Waals surface area (Å²) < 4.78 is 0. The van der Waals surface area contributed by atoms with Crippen molar-refractivity contribution in [3.63, 3.8) is 0 Å². The van der Waals surface area contributed by atoms with Gasteiger partial charge in [0.25, 0.3) is 5.24 Å². The Morgan fingerprint density at radius 3 is 2.21 bits per heavy atom. The van der Waals surface area contributed by atoms with Gasteiger partial charge >= 0.3 is 0 Å². The average Bonchev–Trinajstić information content (AvgIpc) is 2.40. The van der Waals surface area contributed by atoms with Crippen LogP contribution >= 0.6 is 11.6 Å². The van der Waals surface area contributed by atoms with Crippen molar-refractivity contribution in [2.75, 3.05) is 5.01 Å². The molecule has 0 bridgehead atoms. The molecule has 6 heteroatoms. The fraction of sp³-hybridized carbons (Fsp3) is 0. The molecule has 0 spiro atoms. The number of benzene rings is 2. The minimum absolute atomic E-state index is 0.0877. The fourth-order valence-electron chi connectivity index (χ4n) is 1.72. The summed E-state index contributed by atoms with van der Waals surface area (Å²) in [5.41, 5.74) is 0.571. The van der Waals surface area contributed by atoms with Crippen LogP contribution in [0.2, 0.25) is 0 Å². The molecule has 0 heterocycles. The van der Waals surface area contributed by atoms with Gasteiger partial charge in [-0.25, -0.2) is 10.1 Å². The highest BCUT2D eigenvalue weighted by atomic mass is 35.5. The molecule has 0 aliphatic rings. The topological polar surface area (TPSA) is 63.5 Å². The second-order valence-electron chi connectivity index (χ2n) is 3.68. The number of nitro groups is 1. The third kappa shape index (κ3) is 2.71. The van der Waals surface area contributed by atoms with Crippen molar-refractivity contribution < 1.29 is 9.83 Å². The van der Waals surface area contributed by atoms with E-state index in [1.54, 1.807) is 42.5 Å². The normalized spacial score (nSPS) is 9.95. The number of hydrogen-bond donors (Lipinski definition) is 0. The first-order chi connectivity index (χ1) is 9.11. The zero-order valence-corrected chi connectivity index (χ0v) is 10.4. The second-order valence-corrected chi connectivity index (χ2v) is 4.02. The lowest BCUT2D eigenvalue weighted by Gasteiger charge is -2.15. The Balaban J connectivity index is 2.59. The van der Waals surface area contributed by atoms with Crippen molar-refractivity contribution in [3.8, 4) is 0 Å². The van der Waals surface area contributed by atoms with Crippen LogP contribution in [0.4, 0.5) is 11.4 Å². The summed E-state index contributed by atoms with van der Waals surface area (Å²) >= 11 is 5.46. The molecule has 2 aromatic carbocycles. The van der Waals surface area contributed by atoms with Crippen molar-refractivity contribution >= 4 is 28.2 Å². The molecular formula is C13H9ClN2O3. The molecule has 19 heavy (non-hydrogen) atoms. The lowest BCUT2D eigenvalue weighted by atomic mass is 10.1. The van der Waals surface area contributed by atoms with Crippen molar-refractivity contribution in [2.45, 2.75) is 0 Å². The first kappa shape index (κ1) is 13.0. The quantitative estimate of drug-likeness (QED) is 0.488. The number of rotatable bonds is 4. The smallest absolute Gasteiger partial charge is 0.254 e. The lowest BCUT2D eigenvalue weighted by Crippen LogP contribution is -2.25. The maximum absolute atomic E-state index is 11.3. The average molecular weight is 277 g/mol. The van der Waals surface area contributed by atoms with Gasteiger partial charge in [-0.15, -0.1) is 0 Å². The molecule has 0 atom stereocenters. The standard InChI is InChI=1S/C13H9ClN2O3/c14-13(17)11-8-4-5-9-12(11)15(16(18)19)10-6-2-1-3-7-10/h1-9H. The second kappa shape index (κ2) is 5.49. The van der Waals surface area contributed by atoms with Crippen LogP contribution in [0.3, 0.4) is 0 Å². The van der Waals surface area contributed by atoms with Gasteiger partial charge in [-0.2, -0.15) is 0 Å². The zero-order chi connectivity index (χ0) is 13.8. The number of hydrogen-bond acceptors (Lipinski definition) is 3. The molecule has 5 nitrogen and oxygen atoms in total. The van der Waals surface area contributed by atoms with Gasteiger partial charge in [0.05, 0.1) is 5.56 Å². The summed E-state index contributed by atoms with van der Waals surface area (Å²) in [6, 6.07) is 14.4. The summed E-state index contributed by atoms with van der Waals surface area (Å²) in [6.45, 7) is 0. The van der Waals surface area contributed by atoms with Crippen LogP contribution < -0.4 is 5.01 Å². The highest BCUT2D eigenvalue weighted by Crippen LogP contribution is 2.29. The highest BCUT2D eigenvalue weighted by molar-refractivity contribution is 6.68. The van der Waals surface area contributed by atoms with Crippen LogP contribution in [0.25, 0.3) is 0 Å². The van der Waals surface area contributed by atoms with Crippen LogP contribution in [0.1, 0.15) is 10.4 Å². The SMILES string of the molecule is O=C(Cl)c1ccccc1N(c1ccccc1)[N+](=O)[O-]. The number of para-hydroxylation sites is 2. The molecule has 2 aromatic rings. The molecule has 0 aliphatic carbocycles. The molecule has 96 valence electrons. The molecule has 0 N–H and O–H groups in total. The van der Waals surface area contributed by atoms with E-state index >= 15 is 0 Å². The Morgan fingerprint density at radius 1 is 1.05 bits per heavy atom. The summed E-state index contributed by atoms with van der Waals surface area (Å²) in [6.07, 6.45) is 0. The van der Waals surface area contributed by atoms with Crippen molar-refractivity contribution in [1.82, 2.24) is 0 Å². The monoisotopic (exact) mass is 276 g/mol. The molecule has 0 saturated heterocycles. The van der Waals surface area contributed by atoms with Crippen molar-refractivity contribution in [1.29, 1.82) is 0 Å². The Kier molecular flexibility index (Phi) is 3.77. The van der Waals surface area contributed by atoms with E-state index in [4.69, 9.17) is 11.6 Å². The van der Waals surface area contributed by atoms with Gasteiger partial charge in [0.1, 0.15) is 11.4 Å². The van der Waals surface area contributed by atoms with Crippen LogP contribution in [-0.2, 0) is 0 Å². The molecule has 0 radical (unpaired) electrons. The van der Waals surface area contributed by atoms with Crippen LogP contribution in [0.15, 0.2) is 54.6 Å². The summed E-state index contributed by atoms with van der Waals surface area (Å²) in [4.78, 5) is 22.6. The first-order valence-electron chi connectivity index (χ1n) is 5.39. The van der Waals surface area contributed by atoms with Gasteiger partial charge in [0.2, 0.25) is 0 Å². The Labute approximate surface area is 114 Å². The number of nitrogens with zero attached hydrogens (tertiary/aromatic N) is 2. The predicted molar refractivity (Wildman–Crippen MR) is 72.2 cm³/mol. The molecule has 0 aromatic heterocycles. The van der Waals surface area contributed by atoms with E-state index in [9.17, 15) is 14.9 Å². The summed E-state index contributed by atoms with van der Waals surface area (Å²) in [5, 5.41) is 10.8. The number of anilines is 2. The Morgan fingerprint density at radius 2 is 1.63 bits per heavy atom. The molecule has 0 saturated carbocycles. The fourth-order valence-corrected chi connectivity index (χ4v) is 1.87.